The Kier molecular flexibility index (Phi) is 9.15. The van der Waals surface area contributed by atoms with E-state index in [1.54, 1.807) is 6.07 Å². The van der Waals surface area contributed by atoms with Crippen LogP contribution in [0.2, 0.25) is 0 Å². The van der Waals surface area contributed by atoms with Crippen LogP contribution < -0.4 is 10.4 Å². The fraction of sp³-hybridized carbons (Fsp3) is 0.714. The molecule has 7 rings (SSSR count). The van der Waals surface area contributed by atoms with Gasteiger partial charge in [0.1, 0.15) is 17.4 Å². The number of ether oxygens (including phenoxy) is 2. The number of hydrogen-bond donors (Lipinski definition) is 0. The van der Waals surface area contributed by atoms with E-state index < -0.39 is 0 Å². The van der Waals surface area contributed by atoms with Gasteiger partial charge in [0.15, 0.2) is 6.61 Å². The van der Waals surface area contributed by atoms with E-state index >= 15 is 0 Å². The van der Waals surface area contributed by atoms with Gasteiger partial charge in [-0.1, -0.05) is 65.5 Å². The SMILES string of the molecule is CC(C)CCC[C@H](C)[C@H]1CC[C@@H]2[C@H]3CC=C4C[C@@H](OC(=O)COc5ccc6c7c(c(=O)oc6c5)CCCC7)CC[C@]4(C)[C@@H]3CC[C@@]21C. The van der Waals surface area contributed by atoms with E-state index in [-0.39, 0.29) is 29.7 Å². The maximum atomic E-state index is 13.0. The van der Waals surface area contributed by atoms with Crippen LogP contribution >= 0.6 is 0 Å². The highest BCUT2D eigenvalue weighted by atomic mass is 16.6. The van der Waals surface area contributed by atoms with Gasteiger partial charge in [0.2, 0.25) is 0 Å². The fourth-order valence-electron chi connectivity index (χ4n) is 11.6. The Morgan fingerprint density at radius 3 is 2.60 bits per heavy atom. The minimum Gasteiger partial charge on any atom is -0.482 e. The monoisotopic (exact) mass is 642 g/mol. The summed E-state index contributed by atoms with van der Waals surface area (Å²) in [5.74, 6) is 5.15. The number of allylic oxidation sites excluding steroid dienone is 1. The van der Waals surface area contributed by atoms with Crippen molar-refractivity contribution in [2.75, 3.05) is 6.61 Å². The molecule has 5 aliphatic carbocycles. The van der Waals surface area contributed by atoms with Crippen molar-refractivity contribution in [1.29, 1.82) is 0 Å². The molecule has 8 atom stereocenters. The van der Waals surface area contributed by atoms with Crippen LogP contribution in [0, 0.1) is 46.3 Å². The zero-order chi connectivity index (χ0) is 32.9. The van der Waals surface area contributed by atoms with Gasteiger partial charge in [-0.25, -0.2) is 9.59 Å². The minimum atomic E-state index is -0.326. The minimum absolute atomic E-state index is 0.0838. The van der Waals surface area contributed by atoms with E-state index in [4.69, 9.17) is 13.9 Å². The van der Waals surface area contributed by atoms with Crippen molar-refractivity contribution < 1.29 is 18.7 Å². The number of esters is 1. The quantitative estimate of drug-likeness (QED) is 0.155. The molecule has 5 heteroatoms. The fourth-order valence-corrected chi connectivity index (χ4v) is 11.6. The lowest BCUT2D eigenvalue weighted by atomic mass is 9.47. The first-order chi connectivity index (χ1) is 22.6. The van der Waals surface area contributed by atoms with Crippen LogP contribution in [0.4, 0.5) is 0 Å². The number of rotatable bonds is 9. The number of aryl methyl sites for hydroxylation is 1. The molecule has 5 aliphatic rings. The third kappa shape index (κ3) is 6.12. The predicted octanol–water partition coefficient (Wildman–Crippen LogP) is 10.0. The summed E-state index contributed by atoms with van der Waals surface area (Å²) < 4.78 is 17.5. The summed E-state index contributed by atoms with van der Waals surface area (Å²) in [4.78, 5) is 25.5. The first kappa shape index (κ1) is 33.0. The Morgan fingerprint density at radius 1 is 0.979 bits per heavy atom. The summed E-state index contributed by atoms with van der Waals surface area (Å²) in [6.07, 6.45) is 20.1. The van der Waals surface area contributed by atoms with Gasteiger partial charge in [-0.3, -0.25) is 0 Å². The molecular formula is C42H58O5. The molecule has 0 bridgehead atoms. The van der Waals surface area contributed by atoms with Crippen LogP contribution in [0.15, 0.2) is 39.1 Å². The Bertz CT molecular complexity index is 1570. The molecular weight excluding hydrogens is 584 g/mol. The van der Waals surface area contributed by atoms with Gasteiger partial charge in [-0.05, 0) is 135 Å². The summed E-state index contributed by atoms with van der Waals surface area (Å²) in [6, 6.07) is 5.57. The highest BCUT2D eigenvalue weighted by molar-refractivity contribution is 5.83. The van der Waals surface area contributed by atoms with E-state index in [0.29, 0.717) is 16.7 Å². The van der Waals surface area contributed by atoms with Gasteiger partial charge in [-0.2, -0.15) is 0 Å². The van der Waals surface area contributed by atoms with E-state index in [1.165, 1.54) is 56.9 Å². The molecule has 1 aromatic heterocycles. The Balaban J connectivity index is 0.953. The molecule has 256 valence electrons. The van der Waals surface area contributed by atoms with Crippen molar-refractivity contribution in [2.24, 2.45) is 46.3 Å². The first-order valence-corrected chi connectivity index (χ1v) is 19.2. The van der Waals surface area contributed by atoms with Crippen molar-refractivity contribution >= 4 is 16.9 Å². The van der Waals surface area contributed by atoms with Crippen LogP contribution in [0.25, 0.3) is 11.0 Å². The predicted molar refractivity (Wildman–Crippen MR) is 188 cm³/mol. The van der Waals surface area contributed by atoms with Crippen LogP contribution in [0.5, 0.6) is 5.75 Å². The van der Waals surface area contributed by atoms with E-state index in [0.717, 1.165) is 97.0 Å². The van der Waals surface area contributed by atoms with Crippen molar-refractivity contribution in [1.82, 2.24) is 0 Å². The molecule has 0 aliphatic heterocycles. The Morgan fingerprint density at radius 2 is 1.79 bits per heavy atom. The molecule has 0 unspecified atom stereocenters. The lowest BCUT2D eigenvalue weighted by molar-refractivity contribution is -0.153. The third-order valence-corrected chi connectivity index (χ3v) is 14.1. The average molecular weight is 643 g/mol. The van der Waals surface area contributed by atoms with Crippen LogP contribution in [-0.2, 0) is 22.4 Å². The zero-order valence-corrected chi connectivity index (χ0v) is 29.7. The molecule has 0 radical (unpaired) electrons. The standard InChI is InChI=1S/C42H58O5/c1-26(2)9-8-10-27(3)35-17-18-36-34-15-13-28-23-30(19-21-41(28,4)37(34)20-22-42(35,36)5)46-39(43)25-45-29-14-16-32-31-11-6-7-12-33(31)40(44)47-38(32)24-29/h13-14,16,24,26-27,30,34-37H,6-12,15,17-23,25H2,1-5H3/t27-,30-,34+,35+,36+,37+,41-,42+/m0/s1. The zero-order valence-electron chi connectivity index (χ0n) is 29.7. The summed E-state index contributed by atoms with van der Waals surface area (Å²) >= 11 is 0. The van der Waals surface area contributed by atoms with Gasteiger partial charge >= 0.3 is 11.6 Å². The van der Waals surface area contributed by atoms with E-state index in [2.05, 4.69) is 40.7 Å². The molecule has 0 amide bonds. The Labute approximate surface area is 282 Å². The third-order valence-electron chi connectivity index (χ3n) is 14.1. The molecule has 0 saturated heterocycles. The number of hydrogen-bond acceptors (Lipinski definition) is 5. The number of fused-ring (bicyclic) bond motifs is 8. The normalized spacial score (nSPS) is 33.7. The lowest BCUT2D eigenvalue weighted by Crippen LogP contribution is -2.51. The van der Waals surface area contributed by atoms with Crippen LogP contribution in [0.3, 0.4) is 0 Å². The molecule has 3 fully saturated rings. The second-order valence-corrected chi connectivity index (χ2v) is 17.1. The average Bonchev–Trinajstić information content (AvgIpc) is 3.41. The smallest absolute Gasteiger partial charge is 0.344 e. The summed E-state index contributed by atoms with van der Waals surface area (Å²) in [7, 11) is 0. The second-order valence-electron chi connectivity index (χ2n) is 17.1. The largest absolute Gasteiger partial charge is 0.482 e. The van der Waals surface area contributed by atoms with Crippen molar-refractivity contribution in [3.05, 3.63) is 51.4 Å². The highest BCUT2D eigenvalue weighted by Gasteiger charge is 2.59. The maximum Gasteiger partial charge on any atom is 0.344 e. The highest BCUT2D eigenvalue weighted by Crippen LogP contribution is 2.67. The van der Waals surface area contributed by atoms with Crippen molar-refractivity contribution in [2.45, 2.75) is 137 Å². The lowest BCUT2D eigenvalue weighted by Gasteiger charge is -2.58. The molecule has 0 spiro atoms. The molecule has 0 N–H and O–H groups in total. The number of carbonyl (C=O) groups excluding carboxylic acids is 1. The molecule has 1 aromatic carbocycles. The number of carbonyl (C=O) groups is 1. The van der Waals surface area contributed by atoms with Gasteiger partial charge in [-0.15, -0.1) is 0 Å². The molecule has 3 saturated carbocycles. The van der Waals surface area contributed by atoms with Crippen molar-refractivity contribution in [3.63, 3.8) is 0 Å². The van der Waals surface area contributed by atoms with Gasteiger partial charge in [0, 0.05) is 23.4 Å². The summed E-state index contributed by atoms with van der Waals surface area (Å²) in [6.45, 7) is 12.3. The van der Waals surface area contributed by atoms with E-state index in [1.807, 2.05) is 12.1 Å². The second kappa shape index (κ2) is 13.0. The molecule has 47 heavy (non-hydrogen) atoms. The van der Waals surface area contributed by atoms with Crippen LogP contribution in [0.1, 0.15) is 129 Å². The van der Waals surface area contributed by atoms with Crippen molar-refractivity contribution in [3.8, 4) is 5.75 Å². The topological polar surface area (TPSA) is 65.7 Å². The first-order valence-electron chi connectivity index (χ1n) is 19.2. The molecule has 1 heterocycles. The van der Waals surface area contributed by atoms with Gasteiger partial charge in [0.05, 0.1) is 0 Å². The maximum absolute atomic E-state index is 13.0. The number of benzene rings is 1. The Hall–Kier alpha value is -2.56. The van der Waals surface area contributed by atoms with Gasteiger partial charge in [0.25, 0.3) is 0 Å². The molecule has 5 nitrogen and oxygen atoms in total. The summed E-state index contributed by atoms with van der Waals surface area (Å²) in [5.41, 5.74) is 4.49. The van der Waals surface area contributed by atoms with Crippen LogP contribution in [-0.4, -0.2) is 18.7 Å². The summed E-state index contributed by atoms with van der Waals surface area (Å²) in [5, 5.41) is 0.976. The van der Waals surface area contributed by atoms with E-state index in [9.17, 15) is 9.59 Å². The van der Waals surface area contributed by atoms with Gasteiger partial charge < -0.3 is 13.9 Å². The molecule has 2 aromatic rings.